The summed E-state index contributed by atoms with van der Waals surface area (Å²) in [7, 11) is -4.27. The SMILES string of the molecule is O.O=S(=O)(O)c1cccc2c1oc1ccccc12.[Na]. The van der Waals surface area contributed by atoms with Crippen LogP contribution in [0.1, 0.15) is 0 Å². The standard InChI is InChI=1S/C12H8O4S.Na.H2O/c13-17(14,15)11-7-3-5-9-8-4-1-2-6-10(8)16-12(9)11;;/h1-7H,(H,13,14,15);;1H2. The Bertz CT molecular complexity index is 822. The van der Waals surface area contributed by atoms with Crippen LogP contribution in [0.5, 0.6) is 0 Å². The van der Waals surface area contributed by atoms with Crippen LogP contribution < -0.4 is 0 Å². The van der Waals surface area contributed by atoms with Gasteiger partial charge in [-0.05, 0) is 12.1 Å². The zero-order valence-electron chi connectivity index (χ0n) is 10.1. The Kier molecular flexibility index (Phi) is 4.78. The van der Waals surface area contributed by atoms with E-state index < -0.39 is 10.1 Å². The smallest absolute Gasteiger partial charge is 0.298 e. The molecule has 2 aromatic carbocycles. The van der Waals surface area contributed by atoms with Crippen LogP contribution in [0.3, 0.4) is 0 Å². The summed E-state index contributed by atoms with van der Waals surface area (Å²) in [5, 5.41) is 1.50. The largest absolute Gasteiger partial charge is 0.455 e. The molecule has 0 atom stereocenters. The molecule has 7 heteroatoms. The van der Waals surface area contributed by atoms with Crippen LogP contribution in [0.2, 0.25) is 0 Å². The topological polar surface area (TPSA) is 99.0 Å². The first kappa shape index (κ1) is 16.2. The third-order valence-corrected chi connectivity index (χ3v) is 3.52. The molecule has 19 heavy (non-hydrogen) atoms. The van der Waals surface area contributed by atoms with Crippen molar-refractivity contribution in [2.45, 2.75) is 4.90 Å². The molecule has 1 heterocycles. The van der Waals surface area contributed by atoms with E-state index in [1.807, 2.05) is 12.1 Å². The number of hydrogen-bond donors (Lipinski definition) is 1. The Labute approximate surface area is 131 Å². The van der Waals surface area contributed by atoms with Crippen molar-refractivity contribution in [1.29, 1.82) is 0 Å². The van der Waals surface area contributed by atoms with E-state index in [-0.39, 0.29) is 45.5 Å². The minimum absolute atomic E-state index is 0. The van der Waals surface area contributed by atoms with Crippen molar-refractivity contribution in [3.8, 4) is 0 Å². The molecule has 0 fully saturated rings. The minimum Gasteiger partial charge on any atom is -0.455 e. The van der Waals surface area contributed by atoms with Crippen molar-refractivity contribution in [3.05, 3.63) is 42.5 Å². The Balaban J connectivity index is 0.000000902. The Morgan fingerprint density at radius 2 is 1.58 bits per heavy atom. The van der Waals surface area contributed by atoms with Crippen LogP contribution >= 0.6 is 0 Å². The van der Waals surface area contributed by atoms with Crippen molar-refractivity contribution >= 4 is 61.6 Å². The van der Waals surface area contributed by atoms with Crippen molar-refractivity contribution in [3.63, 3.8) is 0 Å². The maximum atomic E-state index is 11.2. The van der Waals surface area contributed by atoms with E-state index in [0.717, 1.165) is 5.39 Å². The summed E-state index contributed by atoms with van der Waals surface area (Å²) in [5.74, 6) is 0. The first-order valence-corrected chi connectivity index (χ1v) is 6.39. The fraction of sp³-hybridized carbons (Fsp3) is 0. The van der Waals surface area contributed by atoms with Crippen molar-refractivity contribution < 1.29 is 22.9 Å². The summed E-state index contributed by atoms with van der Waals surface area (Å²) in [5.41, 5.74) is 0.787. The number of furan rings is 1. The van der Waals surface area contributed by atoms with Gasteiger partial charge >= 0.3 is 0 Å². The molecule has 0 bridgehead atoms. The molecule has 0 saturated heterocycles. The quantitative estimate of drug-likeness (QED) is 0.543. The molecular formula is C12H10NaO5S. The second-order valence-electron chi connectivity index (χ2n) is 3.71. The summed E-state index contributed by atoms with van der Waals surface area (Å²) in [6.45, 7) is 0. The predicted octanol–water partition coefficient (Wildman–Crippen LogP) is 1.63. The number of para-hydroxylation sites is 2. The van der Waals surface area contributed by atoms with Crippen LogP contribution in [0, 0.1) is 0 Å². The average Bonchev–Trinajstić information content (AvgIpc) is 2.65. The van der Waals surface area contributed by atoms with Gasteiger partial charge in [0.15, 0.2) is 5.58 Å². The Morgan fingerprint density at radius 3 is 2.26 bits per heavy atom. The second-order valence-corrected chi connectivity index (χ2v) is 5.10. The van der Waals surface area contributed by atoms with Gasteiger partial charge in [-0.1, -0.05) is 30.3 Å². The normalized spacial score (nSPS) is 11.0. The zero-order valence-corrected chi connectivity index (χ0v) is 12.9. The van der Waals surface area contributed by atoms with Crippen LogP contribution in [-0.4, -0.2) is 48.0 Å². The zero-order chi connectivity index (χ0) is 12.0. The molecule has 0 amide bonds. The van der Waals surface area contributed by atoms with Gasteiger partial charge in [0.1, 0.15) is 10.5 Å². The summed E-state index contributed by atoms with van der Waals surface area (Å²) in [6.07, 6.45) is 0. The number of fused-ring (bicyclic) bond motifs is 3. The van der Waals surface area contributed by atoms with Gasteiger partial charge in [0.25, 0.3) is 10.1 Å². The Hall–Kier alpha value is -0.890. The van der Waals surface area contributed by atoms with Gasteiger partial charge in [0.2, 0.25) is 0 Å². The molecule has 0 unspecified atom stereocenters. The van der Waals surface area contributed by atoms with Gasteiger partial charge in [0, 0.05) is 40.3 Å². The fourth-order valence-electron chi connectivity index (χ4n) is 1.92. The van der Waals surface area contributed by atoms with E-state index in [1.165, 1.54) is 6.07 Å². The van der Waals surface area contributed by atoms with E-state index in [9.17, 15) is 8.42 Å². The van der Waals surface area contributed by atoms with E-state index in [4.69, 9.17) is 8.97 Å². The molecule has 0 aliphatic heterocycles. The molecule has 1 radical (unpaired) electrons. The molecule has 95 valence electrons. The maximum absolute atomic E-state index is 11.2. The molecule has 3 aromatic rings. The van der Waals surface area contributed by atoms with E-state index in [1.54, 1.807) is 24.3 Å². The Morgan fingerprint density at radius 1 is 0.947 bits per heavy atom. The number of benzene rings is 2. The van der Waals surface area contributed by atoms with E-state index in [0.29, 0.717) is 11.0 Å². The third kappa shape index (κ3) is 2.69. The van der Waals surface area contributed by atoms with Crippen LogP contribution in [0.15, 0.2) is 51.8 Å². The van der Waals surface area contributed by atoms with Gasteiger partial charge in [-0.3, -0.25) is 4.55 Å². The van der Waals surface area contributed by atoms with Gasteiger partial charge in [0.05, 0.1) is 0 Å². The molecule has 3 rings (SSSR count). The maximum Gasteiger partial charge on any atom is 0.298 e. The first-order chi connectivity index (χ1) is 8.07. The fourth-order valence-corrected chi connectivity index (χ4v) is 2.56. The second kappa shape index (κ2) is 5.62. The third-order valence-electron chi connectivity index (χ3n) is 2.65. The van der Waals surface area contributed by atoms with Gasteiger partial charge in [-0.25, -0.2) is 0 Å². The van der Waals surface area contributed by atoms with E-state index >= 15 is 0 Å². The number of rotatable bonds is 1. The van der Waals surface area contributed by atoms with Gasteiger partial charge < -0.3 is 9.89 Å². The predicted molar refractivity (Wildman–Crippen MR) is 72.9 cm³/mol. The summed E-state index contributed by atoms with van der Waals surface area (Å²) in [4.78, 5) is -0.203. The minimum atomic E-state index is -4.27. The van der Waals surface area contributed by atoms with Crippen LogP contribution in [0.25, 0.3) is 21.9 Å². The van der Waals surface area contributed by atoms with Crippen molar-refractivity contribution in [2.24, 2.45) is 0 Å². The molecule has 0 spiro atoms. The monoisotopic (exact) mass is 289 g/mol. The van der Waals surface area contributed by atoms with Crippen molar-refractivity contribution in [1.82, 2.24) is 0 Å². The van der Waals surface area contributed by atoms with Crippen LogP contribution in [-0.2, 0) is 10.1 Å². The van der Waals surface area contributed by atoms with Gasteiger partial charge in [-0.15, -0.1) is 0 Å². The molecular weight excluding hydrogens is 279 g/mol. The first-order valence-electron chi connectivity index (χ1n) is 4.95. The molecule has 0 saturated carbocycles. The molecule has 1 aromatic heterocycles. The van der Waals surface area contributed by atoms with Crippen LogP contribution in [0.4, 0.5) is 0 Å². The average molecular weight is 289 g/mol. The molecule has 3 N–H and O–H groups in total. The van der Waals surface area contributed by atoms with Gasteiger partial charge in [-0.2, -0.15) is 8.42 Å². The number of hydrogen-bond acceptors (Lipinski definition) is 3. The summed E-state index contributed by atoms with van der Waals surface area (Å²) in [6, 6.07) is 11.9. The molecule has 0 aliphatic rings. The molecule has 0 aliphatic carbocycles. The summed E-state index contributed by atoms with van der Waals surface area (Å²) >= 11 is 0. The van der Waals surface area contributed by atoms with Crippen molar-refractivity contribution in [2.75, 3.05) is 0 Å². The summed E-state index contributed by atoms with van der Waals surface area (Å²) < 4.78 is 37.0. The van der Waals surface area contributed by atoms with E-state index in [2.05, 4.69) is 0 Å². The molecule has 5 nitrogen and oxygen atoms in total.